The molecule has 158 valence electrons. The van der Waals surface area contributed by atoms with Gasteiger partial charge < -0.3 is 4.74 Å². The summed E-state index contributed by atoms with van der Waals surface area (Å²) in [6.07, 6.45) is 3.99. The van der Waals surface area contributed by atoms with Gasteiger partial charge in [0.25, 0.3) is 5.91 Å². The Morgan fingerprint density at radius 3 is 2.68 bits per heavy atom. The number of carbonyl (C=O) groups excluding carboxylic acids is 1. The lowest BCUT2D eigenvalue weighted by Crippen LogP contribution is -2.28. The molecule has 0 unspecified atom stereocenters. The summed E-state index contributed by atoms with van der Waals surface area (Å²) >= 11 is 6.94. The maximum absolute atomic E-state index is 13.4. The zero-order valence-electron chi connectivity index (χ0n) is 18.0. The number of carbonyl (C=O) groups is 1. The van der Waals surface area contributed by atoms with Crippen LogP contribution in [-0.4, -0.2) is 16.8 Å². The second-order valence-corrected chi connectivity index (χ2v) is 9.38. The predicted molar refractivity (Wildman–Crippen MR) is 136 cm³/mol. The molecule has 1 aliphatic rings. The summed E-state index contributed by atoms with van der Waals surface area (Å²) in [7, 11) is 0. The SMILES string of the molecule is CCCCOc1ccc2ccccc2c1/C=C1/SC(=S)N(c2ccc(C)cc2C)C1=O. The zero-order valence-corrected chi connectivity index (χ0v) is 19.6. The van der Waals surface area contributed by atoms with Crippen LogP contribution in [0.2, 0.25) is 0 Å². The smallest absolute Gasteiger partial charge is 0.270 e. The fourth-order valence-electron chi connectivity index (χ4n) is 3.74. The van der Waals surface area contributed by atoms with E-state index < -0.39 is 0 Å². The first-order valence-corrected chi connectivity index (χ1v) is 11.7. The number of fused-ring (bicyclic) bond motifs is 1. The highest BCUT2D eigenvalue weighted by molar-refractivity contribution is 8.27. The van der Waals surface area contributed by atoms with E-state index in [0.717, 1.165) is 51.7 Å². The van der Waals surface area contributed by atoms with Crippen molar-refractivity contribution in [2.24, 2.45) is 0 Å². The molecule has 3 nitrogen and oxygen atoms in total. The second kappa shape index (κ2) is 9.25. The molecule has 0 aliphatic carbocycles. The molecule has 1 aliphatic heterocycles. The average molecular weight is 448 g/mol. The van der Waals surface area contributed by atoms with Gasteiger partial charge in [-0.25, -0.2) is 0 Å². The van der Waals surface area contributed by atoms with Crippen molar-refractivity contribution in [1.82, 2.24) is 0 Å². The minimum atomic E-state index is -0.0885. The minimum Gasteiger partial charge on any atom is -0.493 e. The van der Waals surface area contributed by atoms with Gasteiger partial charge >= 0.3 is 0 Å². The molecule has 3 aromatic rings. The zero-order chi connectivity index (χ0) is 22.0. The standard InChI is InChI=1S/C26H25NO2S2/c1-4-5-14-29-23-13-11-19-8-6-7-9-20(19)21(23)16-24-25(28)27(26(30)31-24)22-12-10-17(2)15-18(22)3/h6-13,15-16H,4-5,14H2,1-3H3/b24-16+. The van der Waals surface area contributed by atoms with Crippen molar-refractivity contribution in [3.8, 4) is 5.75 Å². The molecule has 4 rings (SSSR count). The number of amides is 1. The van der Waals surface area contributed by atoms with Gasteiger partial charge in [-0.2, -0.15) is 0 Å². The fourth-order valence-corrected chi connectivity index (χ4v) is 5.01. The Hall–Kier alpha value is -2.63. The number of benzene rings is 3. The van der Waals surface area contributed by atoms with Gasteiger partial charge in [-0.3, -0.25) is 9.69 Å². The van der Waals surface area contributed by atoms with Crippen LogP contribution < -0.4 is 9.64 Å². The van der Waals surface area contributed by atoms with Gasteiger partial charge in [0.1, 0.15) is 5.75 Å². The summed E-state index contributed by atoms with van der Waals surface area (Å²) in [5.41, 5.74) is 3.96. The Labute approximate surface area is 193 Å². The van der Waals surface area contributed by atoms with Crippen LogP contribution in [-0.2, 0) is 4.79 Å². The third-order valence-corrected chi connectivity index (χ3v) is 6.65. The number of unbranched alkanes of at least 4 members (excludes halogenated alkanes) is 1. The van der Waals surface area contributed by atoms with E-state index >= 15 is 0 Å². The second-order valence-electron chi connectivity index (χ2n) is 7.71. The summed E-state index contributed by atoms with van der Waals surface area (Å²) in [5, 5.41) is 2.18. The quantitative estimate of drug-likeness (QED) is 0.230. The van der Waals surface area contributed by atoms with Crippen LogP contribution in [0.4, 0.5) is 5.69 Å². The van der Waals surface area contributed by atoms with E-state index in [0.29, 0.717) is 15.8 Å². The van der Waals surface area contributed by atoms with E-state index in [1.165, 1.54) is 11.8 Å². The van der Waals surface area contributed by atoms with Crippen molar-refractivity contribution in [2.75, 3.05) is 11.5 Å². The van der Waals surface area contributed by atoms with Crippen LogP contribution in [0, 0.1) is 13.8 Å². The van der Waals surface area contributed by atoms with Crippen LogP contribution in [0.25, 0.3) is 16.8 Å². The maximum atomic E-state index is 13.4. The first-order valence-electron chi connectivity index (χ1n) is 10.5. The highest BCUT2D eigenvalue weighted by atomic mass is 32.2. The lowest BCUT2D eigenvalue weighted by Gasteiger charge is -2.17. The molecular weight excluding hydrogens is 422 g/mol. The molecule has 1 heterocycles. The van der Waals surface area contributed by atoms with E-state index in [-0.39, 0.29) is 5.91 Å². The first-order chi connectivity index (χ1) is 15.0. The van der Waals surface area contributed by atoms with Gasteiger partial charge in [-0.15, -0.1) is 0 Å². The van der Waals surface area contributed by atoms with Crippen LogP contribution in [0.15, 0.2) is 59.5 Å². The van der Waals surface area contributed by atoms with E-state index in [4.69, 9.17) is 17.0 Å². The van der Waals surface area contributed by atoms with Gasteiger partial charge in [0.2, 0.25) is 0 Å². The molecule has 1 amide bonds. The molecule has 0 saturated carbocycles. The van der Waals surface area contributed by atoms with E-state index in [1.54, 1.807) is 4.90 Å². The average Bonchev–Trinajstić information content (AvgIpc) is 3.03. The first kappa shape index (κ1) is 21.6. The summed E-state index contributed by atoms with van der Waals surface area (Å²) < 4.78 is 6.64. The number of ether oxygens (including phenoxy) is 1. The van der Waals surface area contributed by atoms with Gasteiger partial charge in [-0.1, -0.05) is 85.4 Å². The largest absolute Gasteiger partial charge is 0.493 e. The van der Waals surface area contributed by atoms with Gasteiger partial charge in [0.15, 0.2) is 4.32 Å². The molecule has 0 radical (unpaired) electrons. The number of hydrogen-bond donors (Lipinski definition) is 0. The molecule has 0 spiro atoms. The van der Waals surface area contributed by atoms with Crippen molar-refractivity contribution >= 4 is 56.7 Å². The number of anilines is 1. The summed E-state index contributed by atoms with van der Waals surface area (Å²) in [5.74, 6) is 0.707. The van der Waals surface area contributed by atoms with E-state index in [2.05, 4.69) is 31.2 Å². The van der Waals surface area contributed by atoms with Crippen molar-refractivity contribution in [2.45, 2.75) is 33.6 Å². The third kappa shape index (κ3) is 4.39. The molecule has 0 N–H and O–H groups in total. The number of rotatable bonds is 6. The molecule has 0 bridgehead atoms. The van der Waals surface area contributed by atoms with Crippen LogP contribution >= 0.6 is 24.0 Å². The van der Waals surface area contributed by atoms with Crippen LogP contribution in [0.5, 0.6) is 5.75 Å². The highest BCUT2D eigenvalue weighted by Crippen LogP contribution is 2.40. The molecule has 0 atom stereocenters. The van der Waals surface area contributed by atoms with Gasteiger partial charge in [0, 0.05) is 5.56 Å². The topological polar surface area (TPSA) is 29.5 Å². The number of hydrogen-bond acceptors (Lipinski definition) is 4. The number of thiocarbonyl (C=S) groups is 1. The monoisotopic (exact) mass is 447 g/mol. The Balaban J connectivity index is 1.76. The Morgan fingerprint density at radius 1 is 1.10 bits per heavy atom. The van der Waals surface area contributed by atoms with Crippen LogP contribution in [0.1, 0.15) is 36.5 Å². The molecule has 1 saturated heterocycles. The Kier molecular flexibility index (Phi) is 6.44. The van der Waals surface area contributed by atoms with E-state index in [1.807, 2.05) is 50.3 Å². The van der Waals surface area contributed by atoms with E-state index in [9.17, 15) is 4.79 Å². The number of thioether (sulfide) groups is 1. The molecule has 0 aromatic heterocycles. The molecule has 31 heavy (non-hydrogen) atoms. The Morgan fingerprint density at radius 2 is 1.90 bits per heavy atom. The van der Waals surface area contributed by atoms with Gasteiger partial charge in [-0.05, 0) is 54.8 Å². The molecule has 5 heteroatoms. The van der Waals surface area contributed by atoms with Crippen molar-refractivity contribution < 1.29 is 9.53 Å². The summed E-state index contributed by atoms with van der Waals surface area (Å²) in [6, 6.07) is 18.3. The number of aryl methyl sites for hydroxylation is 2. The summed E-state index contributed by atoms with van der Waals surface area (Å²) in [6.45, 7) is 6.85. The predicted octanol–water partition coefficient (Wildman–Crippen LogP) is 7.04. The Bertz CT molecular complexity index is 1200. The normalized spacial score (nSPS) is 15.3. The van der Waals surface area contributed by atoms with Gasteiger partial charge in [0.05, 0.1) is 17.2 Å². The summed E-state index contributed by atoms with van der Waals surface area (Å²) in [4.78, 5) is 15.6. The lowest BCUT2D eigenvalue weighted by atomic mass is 10.0. The highest BCUT2D eigenvalue weighted by Gasteiger charge is 2.34. The minimum absolute atomic E-state index is 0.0885. The number of nitrogens with zero attached hydrogens (tertiary/aromatic N) is 1. The van der Waals surface area contributed by atoms with Crippen LogP contribution in [0.3, 0.4) is 0 Å². The fraction of sp³-hybridized carbons (Fsp3) is 0.231. The molecule has 3 aromatic carbocycles. The van der Waals surface area contributed by atoms with Crippen molar-refractivity contribution in [3.05, 3.63) is 76.2 Å². The molecule has 1 fully saturated rings. The lowest BCUT2D eigenvalue weighted by molar-refractivity contribution is -0.113. The maximum Gasteiger partial charge on any atom is 0.270 e. The molecular formula is C26H25NO2S2. The van der Waals surface area contributed by atoms with Crippen molar-refractivity contribution in [3.63, 3.8) is 0 Å². The third-order valence-electron chi connectivity index (χ3n) is 5.35. The van der Waals surface area contributed by atoms with Crippen molar-refractivity contribution in [1.29, 1.82) is 0 Å².